The summed E-state index contributed by atoms with van der Waals surface area (Å²) in [6, 6.07) is 3.93. The molecule has 0 aliphatic heterocycles. The first-order chi connectivity index (χ1) is 7.69. The van der Waals surface area contributed by atoms with Crippen molar-refractivity contribution in [1.82, 2.24) is 4.98 Å². The molecule has 3 nitrogen and oxygen atoms in total. The van der Waals surface area contributed by atoms with Crippen LogP contribution >= 0.6 is 0 Å². The van der Waals surface area contributed by atoms with Gasteiger partial charge in [0.05, 0.1) is 6.10 Å². The van der Waals surface area contributed by atoms with Crippen LogP contribution in [-0.4, -0.2) is 23.2 Å². The second-order valence-electron chi connectivity index (χ2n) is 4.06. The summed E-state index contributed by atoms with van der Waals surface area (Å²) in [6.07, 6.45) is 3.71. The molecule has 0 fully saturated rings. The minimum absolute atomic E-state index is 0.438. The fourth-order valence-corrected chi connectivity index (χ4v) is 1.62. The Morgan fingerprint density at radius 2 is 2.12 bits per heavy atom. The van der Waals surface area contributed by atoms with E-state index in [0.717, 1.165) is 24.5 Å². The van der Waals surface area contributed by atoms with Crippen LogP contribution in [0.2, 0.25) is 0 Å². The van der Waals surface area contributed by atoms with Gasteiger partial charge in [0, 0.05) is 19.3 Å². The highest BCUT2D eigenvalue weighted by atomic mass is 16.3. The highest BCUT2D eigenvalue weighted by Crippen LogP contribution is 2.16. The quantitative estimate of drug-likeness (QED) is 0.804. The average Bonchev–Trinajstić information content (AvgIpc) is 2.30. The van der Waals surface area contributed by atoms with Gasteiger partial charge in [-0.2, -0.15) is 0 Å². The number of nitrogens with zero attached hydrogens (tertiary/aromatic N) is 2. The van der Waals surface area contributed by atoms with Gasteiger partial charge in [-0.1, -0.05) is 19.4 Å². The van der Waals surface area contributed by atoms with E-state index in [9.17, 15) is 5.11 Å². The number of hydrogen-bond donors (Lipinski definition) is 1. The Kier molecular flexibility index (Phi) is 5.26. The SMILES string of the molecule is CCCCN(CC)c1ccc(C(C)O)cn1. The number of unbranched alkanes of at least 4 members (excludes halogenated alkanes) is 1. The lowest BCUT2D eigenvalue weighted by atomic mass is 10.2. The van der Waals surface area contributed by atoms with E-state index >= 15 is 0 Å². The Bertz CT molecular complexity index is 295. The molecule has 0 saturated carbocycles. The standard InChI is InChI=1S/C13H22N2O/c1-4-6-9-15(5-2)13-8-7-12(10-14-13)11(3)16/h7-8,10-11,16H,4-6,9H2,1-3H3. The third-order valence-electron chi connectivity index (χ3n) is 2.74. The number of aliphatic hydroxyl groups excluding tert-OH is 1. The summed E-state index contributed by atoms with van der Waals surface area (Å²) in [5.41, 5.74) is 0.871. The summed E-state index contributed by atoms with van der Waals surface area (Å²) in [5, 5.41) is 9.40. The van der Waals surface area contributed by atoms with Crippen LogP contribution in [-0.2, 0) is 0 Å². The molecule has 0 aliphatic carbocycles. The first-order valence-electron chi connectivity index (χ1n) is 6.08. The van der Waals surface area contributed by atoms with Crippen molar-refractivity contribution in [2.24, 2.45) is 0 Å². The second kappa shape index (κ2) is 6.48. The summed E-state index contributed by atoms with van der Waals surface area (Å²) < 4.78 is 0. The molecular weight excluding hydrogens is 200 g/mol. The Morgan fingerprint density at radius 1 is 1.38 bits per heavy atom. The van der Waals surface area contributed by atoms with E-state index in [1.165, 1.54) is 12.8 Å². The number of anilines is 1. The van der Waals surface area contributed by atoms with Crippen molar-refractivity contribution in [3.8, 4) is 0 Å². The third-order valence-corrected chi connectivity index (χ3v) is 2.74. The molecule has 1 rings (SSSR count). The summed E-state index contributed by atoms with van der Waals surface area (Å²) in [5.74, 6) is 1.00. The average molecular weight is 222 g/mol. The molecule has 1 unspecified atom stereocenters. The molecule has 90 valence electrons. The fourth-order valence-electron chi connectivity index (χ4n) is 1.62. The van der Waals surface area contributed by atoms with E-state index in [2.05, 4.69) is 23.7 Å². The zero-order valence-corrected chi connectivity index (χ0v) is 10.5. The predicted molar refractivity (Wildman–Crippen MR) is 67.7 cm³/mol. The molecule has 1 aromatic heterocycles. The van der Waals surface area contributed by atoms with Gasteiger partial charge in [0.1, 0.15) is 5.82 Å². The van der Waals surface area contributed by atoms with Crippen LogP contribution in [0.5, 0.6) is 0 Å². The highest BCUT2D eigenvalue weighted by molar-refractivity contribution is 5.39. The third kappa shape index (κ3) is 3.49. The van der Waals surface area contributed by atoms with Crippen LogP contribution in [0.1, 0.15) is 45.3 Å². The number of aromatic nitrogens is 1. The maximum atomic E-state index is 9.40. The largest absolute Gasteiger partial charge is 0.389 e. The lowest BCUT2D eigenvalue weighted by molar-refractivity contribution is 0.199. The van der Waals surface area contributed by atoms with Crippen molar-refractivity contribution < 1.29 is 5.11 Å². The molecule has 0 spiro atoms. The van der Waals surface area contributed by atoms with Gasteiger partial charge in [0.15, 0.2) is 0 Å². The fraction of sp³-hybridized carbons (Fsp3) is 0.615. The molecule has 0 bridgehead atoms. The van der Waals surface area contributed by atoms with Gasteiger partial charge in [-0.05, 0) is 31.9 Å². The molecule has 0 saturated heterocycles. The first-order valence-corrected chi connectivity index (χ1v) is 6.08. The molecule has 1 aromatic rings. The van der Waals surface area contributed by atoms with Gasteiger partial charge < -0.3 is 10.0 Å². The van der Waals surface area contributed by atoms with E-state index in [4.69, 9.17) is 0 Å². The van der Waals surface area contributed by atoms with Crippen molar-refractivity contribution in [2.75, 3.05) is 18.0 Å². The summed E-state index contributed by atoms with van der Waals surface area (Å²) in [4.78, 5) is 6.65. The summed E-state index contributed by atoms with van der Waals surface area (Å²) in [6.45, 7) is 8.11. The minimum atomic E-state index is -0.438. The molecule has 0 radical (unpaired) electrons. The molecule has 1 N–H and O–H groups in total. The van der Waals surface area contributed by atoms with Crippen LogP contribution in [0.4, 0.5) is 5.82 Å². The molecule has 3 heteroatoms. The smallest absolute Gasteiger partial charge is 0.128 e. The van der Waals surface area contributed by atoms with Crippen LogP contribution in [0, 0.1) is 0 Å². The van der Waals surface area contributed by atoms with Gasteiger partial charge in [-0.15, -0.1) is 0 Å². The van der Waals surface area contributed by atoms with Crippen LogP contribution in [0.15, 0.2) is 18.3 Å². The van der Waals surface area contributed by atoms with Crippen LogP contribution in [0.3, 0.4) is 0 Å². The predicted octanol–water partition coefficient (Wildman–Crippen LogP) is 2.76. The summed E-state index contributed by atoms with van der Waals surface area (Å²) in [7, 11) is 0. The van der Waals surface area contributed by atoms with Crippen molar-refractivity contribution in [3.63, 3.8) is 0 Å². The maximum Gasteiger partial charge on any atom is 0.128 e. The van der Waals surface area contributed by atoms with E-state index in [0.29, 0.717) is 0 Å². The van der Waals surface area contributed by atoms with E-state index in [-0.39, 0.29) is 0 Å². The number of pyridine rings is 1. The Morgan fingerprint density at radius 3 is 2.56 bits per heavy atom. The molecule has 0 aliphatic rings. The van der Waals surface area contributed by atoms with Crippen LogP contribution in [0.25, 0.3) is 0 Å². The van der Waals surface area contributed by atoms with Crippen molar-refractivity contribution in [1.29, 1.82) is 0 Å². The minimum Gasteiger partial charge on any atom is -0.389 e. The van der Waals surface area contributed by atoms with Crippen molar-refractivity contribution in [2.45, 2.75) is 39.7 Å². The lowest BCUT2D eigenvalue weighted by Gasteiger charge is -2.21. The molecule has 0 amide bonds. The Labute approximate surface area is 98.1 Å². The van der Waals surface area contributed by atoms with Gasteiger partial charge in [0.2, 0.25) is 0 Å². The first kappa shape index (κ1) is 13.0. The van der Waals surface area contributed by atoms with E-state index in [1.807, 2.05) is 12.1 Å². The molecule has 1 heterocycles. The highest BCUT2D eigenvalue weighted by Gasteiger charge is 2.06. The number of hydrogen-bond acceptors (Lipinski definition) is 3. The van der Waals surface area contributed by atoms with Gasteiger partial charge in [-0.3, -0.25) is 0 Å². The number of rotatable bonds is 6. The Hall–Kier alpha value is -1.09. The van der Waals surface area contributed by atoms with Gasteiger partial charge >= 0.3 is 0 Å². The monoisotopic (exact) mass is 222 g/mol. The van der Waals surface area contributed by atoms with Crippen molar-refractivity contribution in [3.05, 3.63) is 23.9 Å². The lowest BCUT2D eigenvalue weighted by Crippen LogP contribution is -2.24. The van der Waals surface area contributed by atoms with Crippen LogP contribution < -0.4 is 4.90 Å². The topological polar surface area (TPSA) is 36.4 Å². The van der Waals surface area contributed by atoms with E-state index < -0.39 is 6.10 Å². The van der Waals surface area contributed by atoms with E-state index in [1.54, 1.807) is 13.1 Å². The molecule has 16 heavy (non-hydrogen) atoms. The maximum absolute atomic E-state index is 9.40. The normalized spacial score (nSPS) is 12.5. The Balaban J connectivity index is 2.70. The zero-order chi connectivity index (χ0) is 12.0. The van der Waals surface area contributed by atoms with Crippen molar-refractivity contribution >= 4 is 5.82 Å². The molecule has 0 aromatic carbocycles. The summed E-state index contributed by atoms with van der Waals surface area (Å²) >= 11 is 0. The second-order valence-corrected chi connectivity index (χ2v) is 4.06. The van der Waals surface area contributed by atoms with Gasteiger partial charge in [0.25, 0.3) is 0 Å². The molecule has 1 atom stereocenters. The zero-order valence-electron chi connectivity index (χ0n) is 10.5. The number of aliphatic hydroxyl groups is 1. The van der Waals surface area contributed by atoms with Gasteiger partial charge in [-0.25, -0.2) is 4.98 Å². The molecular formula is C13H22N2O.